The molecule has 1 saturated heterocycles. The van der Waals surface area contributed by atoms with Crippen molar-refractivity contribution in [2.75, 3.05) is 52.4 Å². The zero-order valence-electron chi connectivity index (χ0n) is 35.8. The third kappa shape index (κ3) is 12.8. The van der Waals surface area contributed by atoms with Crippen molar-refractivity contribution in [3.63, 3.8) is 0 Å². The Morgan fingerprint density at radius 1 is 0.413 bits per heavy atom. The lowest BCUT2D eigenvalue weighted by atomic mass is 9.86. The minimum Gasteiger partial charge on any atom is -0.345 e. The molecule has 1 aliphatic heterocycles. The van der Waals surface area contributed by atoms with Crippen LogP contribution in [0.1, 0.15) is 64.3 Å². The number of hydrogen-bond acceptors (Lipinski definition) is 7. The van der Waals surface area contributed by atoms with Crippen LogP contribution in [0, 0.1) is 0 Å². The van der Waals surface area contributed by atoms with E-state index in [-0.39, 0.29) is 43.7 Å². The van der Waals surface area contributed by atoms with Crippen LogP contribution >= 0.6 is 0 Å². The number of hydrogen-bond donors (Lipinski definition) is 6. The van der Waals surface area contributed by atoms with Crippen molar-refractivity contribution in [1.82, 2.24) is 36.8 Å². The van der Waals surface area contributed by atoms with E-state index in [9.17, 15) is 14.4 Å². The Hall–Kier alpha value is -6.43. The predicted molar refractivity (Wildman–Crippen MR) is 251 cm³/mol. The van der Waals surface area contributed by atoms with Gasteiger partial charge < -0.3 is 31.9 Å². The van der Waals surface area contributed by atoms with E-state index in [0.29, 0.717) is 26.2 Å². The number of rotatable bonds is 15. The van der Waals surface area contributed by atoms with E-state index in [2.05, 4.69) is 36.8 Å². The van der Waals surface area contributed by atoms with Crippen LogP contribution in [0.2, 0.25) is 0 Å². The quantitative estimate of drug-likeness (QED) is 0.0717. The summed E-state index contributed by atoms with van der Waals surface area (Å²) in [6.07, 6.45) is -0.126. The second-order valence-corrected chi connectivity index (χ2v) is 16.1. The number of amides is 3. The minimum atomic E-state index is -1.16. The SMILES string of the molecule is O=C(CN1CCNCCNCCNCC1(CC(=O)NC(c1ccccc1)c1ccccc1)CC(=O)NC(c1ccccc1)c1ccccc1)NC(c1ccccc1)c1ccccc1. The van der Waals surface area contributed by atoms with Gasteiger partial charge in [0.2, 0.25) is 17.7 Å². The first kappa shape index (κ1) is 44.6. The first-order valence-electron chi connectivity index (χ1n) is 22.0. The van der Waals surface area contributed by atoms with Gasteiger partial charge in [-0.25, -0.2) is 0 Å². The molecule has 7 rings (SSSR count). The fourth-order valence-electron chi connectivity index (χ4n) is 8.50. The Morgan fingerprint density at radius 3 is 1.03 bits per heavy atom. The van der Waals surface area contributed by atoms with Crippen LogP contribution in [0.3, 0.4) is 0 Å². The van der Waals surface area contributed by atoms with Gasteiger partial charge in [0.1, 0.15) is 0 Å². The third-order valence-electron chi connectivity index (χ3n) is 11.7. The molecule has 324 valence electrons. The lowest BCUT2D eigenvalue weighted by Crippen LogP contribution is -2.62. The lowest BCUT2D eigenvalue weighted by Gasteiger charge is -2.44. The smallest absolute Gasteiger partial charge is 0.234 e. The molecule has 0 spiro atoms. The number of nitrogens with zero attached hydrogens (tertiary/aromatic N) is 1. The summed E-state index contributed by atoms with van der Waals surface area (Å²) in [4.78, 5) is 46.6. The molecule has 1 fully saturated rings. The largest absolute Gasteiger partial charge is 0.345 e. The van der Waals surface area contributed by atoms with Gasteiger partial charge in [-0.3, -0.25) is 19.3 Å². The molecule has 1 aliphatic rings. The van der Waals surface area contributed by atoms with Gasteiger partial charge in [0.25, 0.3) is 0 Å². The van der Waals surface area contributed by atoms with Gasteiger partial charge in [-0.1, -0.05) is 182 Å². The van der Waals surface area contributed by atoms with E-state index in [1.54, 1.807) is 0 Å². The zero-order chi connectivity index (χ0) is 43.5. The van der Waals surface area contributed by atoms with Crippen molar-refractivity contribution in [3.8, 4) is 0 Å². The van der Waals surface area contributed by atoms with Crippen LogP contribution in [0.5, 0.6) is 0 Å². The Kier molecular flexibility index (Phi) is 16.4. The van der Waals surface area contributed by atoms with E-state index in [1.165, 1.54) is 0 Å². The molecule has 3 amide bonds. The Balaban J connectivity index is 1.26. The molecule has 63 heavy (non-hydrogen) atoms. The molecule has 6 N–H and O–H groups in total. The van der Waals surface area contributed by atoms with Crippen LogP contribution in [-0.2, 0) is 14.4 Å². The normalized spacial score (nSPS) is 14.9. The van der Waals surface area contributed by atoms with Crippen molar-refractivity contribution >= 4 is 17.7 Å². The molecule has 0 saturated carbocycles. The summed E-state index contributed by atoms with van der Waals surface area (Å²) in [5.74, 6) is -0.690. The second kappa shape index (κ2) is 23.1. The Labute approximate surface area is 371 Å². The summed E-state index contributed by atoms with van der Waals surface area (Å²) in [7, 11) is 0. The highest BCUT2D eigenvalue weighted by molar-refractivity contribution is 5.84. The highest BCUT2D eigenvalue weighted by Crippen LogP contribution is 2.30. The lowest BCUT2D eigenvalue weighted by molar-refractivity contribution is -0.133. The summed E-state index contributed by atoms with van der Waals surface area (Å²) in [6.45, 7) is 3.96. The van der Waals surface area contributed by atoms with Gasteiger partial charge in [0, 0.05) is 58.7 Å². The summed E-state index contributed by atoms with van der Waals surface area (Å²) in [5, 5.41) is 20.7. The maximum Gasteiger partial charge on any atom is 0.234 e. The van der Waals surface area contributed by atoms with Crippen molar-refractivity contribution < 1.29 is 14.4 Å². The van der Waals surface area contributed by atoms with Crippen molar-refractivity contribution in [2.45, 2.75) is 36.5 Å². The molecule has 0 bridgehead atoms. The summed E-state index contributed by atoms with van der Waals surface area (Å²) < 4.78 is 0. The second-order valence-electron chi connectivity index (χ2n) is 16.1. The fourth-order valence-corrected chi connectivity index (χ4v) is 8.50. The van der Waals surface area contributed by atoms with Crippen LogP contribution < -0.4 is 31.9 Å². The van der Waals surface area contributed by atoms with Gasteiger partial charge in [-0.05, 0) is 33.4 Å². The minimum absolute atomic E-state index is 0.0556. The molecular weight excluding hydrogens is 783 g/mol. The van der Waals surface area contributed by atoms with Crippen LogP contribution in [0.25, 0.3) is 0 Å². The average Bonchev–Trinajstić information content (AvgIpc) is 3.33. The first-order chi connectivity index (χ1) is 31.0. The van der Waals surface area contributed by atoms with Crippen molar-refractivity contribution in [3.05, 3.63) is 215 Å². The number of benzene rings is 6. The summed E-state index contributed by atoms with van der Waals surface area (Å²) in [6, 6.07) is 58.2. The molecule has 6 aromatic carbocycles. The molecule has 0 aliphatic carbocycles. The molecular formula is C53H59N7O3. The molecule has 0 unspecified atom stereocenters. The fraction of sp³-hybridized carbons (Fsp3) is 0.264. The molecule has 6 aromatic rings. The molecule has 10 heteroatoms. The summed E-state index contributed by atoms with van der Waals surface area (Å²) in [5.41, 5.74) is 4.50. The maximum atomic E-state index is 14.9. The number of nitrogens with one attached hydrogen (secondary N) is 6. The zero-order valence-corrected chi connectivity index (χ0v) is 35.8. The van der Waals surface area contributed by atoms with E-state index in [4.69, 9.17) is 0 Å². The average molecular weight is 842 g/mol. The first-order valence-corrected chi connectivity index (χ1v) is 22.0. The van der Waals surface area contributed by atoms with E-state index >= 15 is 0 Å². The van der Waals surface area contributed by atoms with Gasteiger partial charge in [0.15, 0.2) is 0 Å². The number of carbonyl (C=O) groups excluding carboxylic acids is 3. The van der Waals surface area contributed by atoms with Crippen molar-refractivity contribution in [2.24, 2.45) is 0 Å². The highest BCUT2D eigenvalue weighted by Gasteiger charge is 2.42. The van der Waals surface area contributed by atoms with Crippen LogP contribution in [0.15, 0.2) is 182 Å². The maximum absolute atomic E-state index is 14.9. The van der Waals surface area contributed by atoms with Crippen LogP contribution in [0.4, 0.5) is 0 Å². The summed E-state index contributed by atoms with van der Waals surface area (Å²) >= 11 is 0. The van der Waals surface area contributed by atoms with Gasteiger partial charge >= 0.3 is 0 Å². The van der Waals surface area contributed by atoms with Crippen molar-refractivity contribution in [1.29, 1.82) is 0 Å². The Morgan fingerprint density at radius 2 is 0.698 bits per heavy atom. The van der Waals surface area contributed by atoms with Gasteiger partial charge in [-0.15, -0.1) is 0 Å². The van der Waals surface area contributed by atoms with Crippen LogP contribution in [-0.4, -0.2) is 80.5 Å². The predicted octanol–water partition coefficient (Wildman–Crippen LogP) is 6.31. The topological polar surface area (TPSA) is 127 Å². The Bertz CT molecular complexity index is 2070. The standard InChI is InChI=1S/C53H59N7O3/c61-47(57-50(41-19-7-1-8-20-41)42-21-9-2-10-22-42)37-53(38-48(62)58-51(43-23-11-3-12-24-43)44-25-13-4-14-26-44)40-56-34-33-54-31-32-55-35-36-60(53)39-49(63)59-52(45-27-15-5-16-28-45)46-29-17-6-18-30-46/h1-30,50-52,54-56H,31-40H2,(H,57,61)(H,58,62)(H,59,63). The van der Waals surface area contributed by atoms with E-state index in [1.807, 2.05) is 182 Å². The highest BCUT2D eigenvalue weighted by atomic mass is 16.2. The molecule has 1 heterocycles. The molecule has 0 aromatic heterocycles. The van der Waals surface area contributed by atoms with Gasteiger partial charge in [-0.2, -0.15) is 0 Å². The monoisotopic (exact) mass is 841 g/mol. The molecule has 10 nitrogen and oxygen atoms in total. The van der Waals surface area contributed by atoms with Gasteiger partial charge in [0.05, 0.1) is 30.2 Å². The molecule has 0 atom stereocenters. The number of carbonyl (C=O) groups is 3. The third-order valence-corrected chi connectivity index (χ3v) is 11.7. The molecule has 0 radical (unpaired) electrons. The van der Waals surface area contributed by atoms with E-state index < -0.39 is 23.7 Å². The van der Waals surface area contributed by atoms with E-state index in [0.717, 1.165) is 46.5 Å².